The molecule has 7 heteroatoms. The molecule has 3 aromatic rings. The number of aliphatic hydroxyl groups excluding tert-OH is 1. The maximum Gasteiger partial charge on any atom is 0.214 e. The van der Waals surface area contributed by atoms with Crippen LogP contribution in [0, 0.1) is 6.92 Å². The van der Waals surface area contributed by atoms with Gasteiger partial charge in [-0.2, -0.15) is 4.68 Å². The summed E-state index contributed by atoms with van der Waals surface area (Å²) in [5.41, 5.74) is 2.01. The molecule has 1 atom stereocenters. The maximum atomic E-state index is 10.1. The van der Waals surface area contributed by atoms with Gasteiger partial charge in [-0.05, 0) is 41.1 Å². The summed E-state index contributed by atoms with van der Waals surface area (Å²) in [5, 5.41) is 22.6. The number of rotatable bonds is 7. The second-order valence-corrected chi connectivity index (χ2v) is 6.24. The van der Waals surface area contributed by atoms with Crippen molar-refractivity contribution >= 4 is 11.8 Å². The minimum Gasteiger partial charge on any atom is -0.491 e. The van der Waals surface area contributed by atoms with Crippen LogP contribution in [-0.4, -0.2) is 43.8 Å². The summed E-state index contributed by atoms with van der Waals surface area (Å²) < 4.78 is 7.24. The number of aryl methyl sites for hydroxylation is 1. The molecule has 0 unspecified atom stereocenters. The Labute approximate surface area is 144 Å². The van der Waals surface area contributed by atoms with Gasteiger partial charge < -0.3 is 9.84 Å². The van der Waals surface area contributed by atoms with Gasteiger partial charge in [0.25, 0.3) is 0 Å². The third kappa shape index (κ3) is 4.12. The van der Waals surface area contributed by atoms with E-state index in [1.807, 2.05) is 61.5 Å². The highest BCUT2D eigenvalue weighted by Crippen LogP contribution is 2.21. The number of thioether (sulfide) groups is 1. The highest BCUT2D eigenvalue weighted by Gasteiger charge is 2.13. The third-order valence-electron chi connectivity index (χ3n) is 3.37. The fourth-order valence-corrected chi connectivity index (χ4v) is 2.94. The van der Waals surface area contributed by atoms with Crippen LogP contribution in [0.25, 0.3) is 5.69 Å². The second kappa shape index (κ2) is 7.94. The van der Waals surface area contributed by atoms with Gasteiger partial charge in [0.15, 0.2) is 0 Å². The Morgan fingerprint density at radius 1 is 1.12 bits per heavy atom. The zero-order chi connectivity index (χ0) is 16.8. The molecule has 3 rings (SSSR count). The molecule has 0 amide bonds. The summed E-state index contributed by atoms with van der Waals surface area (Å²) in [4.78, 5) is 0. The predicted molar refractivity (Wildman–Crippen MR) is 92.6 cm³/mol. The number of aromatic nitrogens is 4. The molecule has 0 bridgehead atoms. The lowest BCUT2D eigenvalue weighted by Gasteiger charge is -2.12. The van der Waals surface area contributed by atoms with E-state index in [0.29, 0.717) is 10.9 Å². The fourth-order valence-electron chi connectivity index (χ4n) is 2.15. The van der Waals surface area contributed by atoms with Gasteiger partial charge in [-0.25, -0.2) is 0 Å². The number of para-hydroxylation sites is 2. The molecule has 0 spiro atoms. The van der Waals surface area contributed by atoms with E-state index in [2.05, 4.69) is 15.5 Å². The summed E-state index contributed by atoms with van der Waals surface area (Å²) >= 11 is 1.40. The minimum absolute atomic E-state index is 0.225. The van der Waals surface area contributed by atoms with E-state index in [0.717, 1.165) is 17.0 Å². The quantitative estimate of drug-likeness (QED) is 0.665. The Morgan fingerprint density at radius 2 is 1.88 bits per heavy atom. The fraction of sp³-hybridized carbons (Fsp3) is 0.235. The Bertz CT molecular complexity index is 779. The molecule has 0 saturated carbocycles. The molecular formula is C17H18N4O2S. The van der Waals surface area contributed by atoms with Gasteiger partial charge in [0.2, 0.25) is 5.16 Å². The number of tetrazole rings is 1. The Balaban J connectivity index is 1.58. The molecule has 24 heavy (non-hydrogen) atoms. The maximum absolute atomic E-state index is 10.1. The number of ether oxygens (including phenoxy) is 1. The topological polar surface area (TPSA) is 73.1 Å². The minimum atomic E-state index is -0.614. The SMILES string of the molecule is Cc1ccccc1-n1nnnc1SC[C@@H](O)COc1ccccc1. The monoisotopic (exact) mass is 342 g/mol. The van der Waals surface area contributed by atoms with E-state index in [4.69, 9.17) is 4.74 Å². The number of nitrogens with zero attached hydrogens (tertiary/aromatic N) is 4. The van der Waals surface area contributed by atoms with Gasteiger partial charge in [0.05, 0.1) is 11.8 Å². The summed E-state index contributed by atoms with van der Waals surface area (Å²) in [7, 11) is 0. The molecule has 0 aliphatic rings. The van der Waals surface area contributed by atoms with Gasteiger partial charge in [-0.1, -0.05) is 48.2 Å². The molecule has 0 aliphatic heterocycles. The van der Waals surface area contributed by atoms with Crippen LogP contribution in [-0.2, 0) is 0 Å². The lowest BCUT2D eigenvalue weighted by Crippen LogP contribution is -2.20. The van der Waals surface area contributed by atoms with Crippen molar-refractivity contribution in [1.29, 1.82) is 0 Å². The summed E-state index contributed by atoms with van der Waals surface area (Å²) in [6, 6.07) is 17.3. The molecule has 1 heterocycles. The van der Waals surface area contributed by atoms with Crippen molar-refractivity contribution in [3.05, 3.63) is 60.2 Å². The van der Waals surface area contributed by atoms with Crippen LogP contribution < -0.4 is 4.74 Å². The Hall–Kier alpha value is -2.38. The predicted octanol–water partition coefficient (Wildman–Crippen LogP) is 2.50. The largest absolute Gasteiger partial charge is 0.491 e. The molecule has 0 saturated heterocycles. The highest BCUT2D eigenvalue weighted by molar-refractivity contribution is 7.99. The standard InChI is InChI=1S/C17H18N4O2S/c1-13-7-5-6-10-16(13)21-17(18-19-20-21)24-12-14(22)11-23-15-8-3-2-4-9-15/h2-10,14,22H,11-12H2,1H3/t14-/m0/s1. The zero-order valence-electron chi connectivity index (χ0n) is 13.2. The molecule has 0 fully saturated rings. The Morgan fingerprint density at radius 3 is 2.67 bits per heavy atom. The normalized spacial score (nSPS) is 12.1. The van der Waals surface area contributed by atoms with Crippen LogP contribution in [0.1, 0.15) is 5.56 Å². The van der Waals surface area contributed by atoms with Crippen molar-refractivity contribution in [3.8, 4) is 11.4 Å². The van der Waals surface area contributed by atoms with E-state index >= 15 is 0 Å². The number of hydrogen-bond donors (Lipinski definition) is 1. The van der Waals surface area contributed by atoms with Gasteiger partial charge >= 0.3 is 0 Å². The van der Waals surface area contributed by atoms with E-state index in [1.54, 1.807) is 4.68 Å². The smallest absolute Gasteiger partial charge is 0.214 e. The number of benzene rings is 2. The van der Waals surface area contributed by atoms with E-state index in [1.165, 1.54) is 11.8 Å². The lowest BCUT2D eigenvalue weighted by molar-refractivity contribution is 0.126. The molecule has 1 N–H and O–H groups in total. The average Bonchev–Trinajstić information content (AvgIpc) is 3.08. The first kappa shape index (κ1) is 16.5. The molecule has 1 aromatic heterocycles. The first-order chi connectivity index (χ1) is 11.7. The zero-order valence-corrected chi connectivity index (χ0v) is 14.1. The second-order valence-electron chi connectivity index (χ2n) is 5.25. The highest BCUT2D eigenvalue weighted by atomic mass is 32.2. The first-order valence-electron chi connectivity index (χ1n) is 7.57. The van der Waals surface area contributed by atoms with Crippen molar-refractivity contribution in [2.75, 3.05) is 12.4 Å². The van der Waals surface area contributed by atoms with Crippen molar-refractivity contribution in [3.63, 3.8) is 0 Å². The van der Waals surface area contributed by atoms with Gasteiger partial charge in [0, 0.05) is 5.75 Å². The third-order valence-corrected chi connectivity index (χ3v) is 4.44. The molecular weight excluding hydrogens is 324 g/mol. The van der Waals surface area contributed by atoms with Crippen LogP contribution in [0.15, 0.2) is 59.8 Å². The molecule has 6 nitrogen and oxygen atoms in total. The molecule has 124 valence electrons. The average molecular weight is 342 g/mol. The molecule has 0 radical (unpaired) electrons. The van der Waals surface area contributed by atoms with Crippen LogP contribution in [0.5, 0.6) is 5.75 Å². The lowest BCUT2D eigenvalue weighted by atomic mass is 10.2. The molecule has 2 aromatic carbocycles. The van der Waals surface area contributed by atoms with Crippen LogP contribution in [0.4, 0.5) is 0 Å². The van der Waals surface area contributed by atoms with E-state index in [9.17, 15) is 5.11 Å². The van der Waals surface area contributed by atoms with Gasteiger partial charge in [-0.3, -0.25) is 0 Å². The summed E-state index contributed by atoms with van der Waals surface area (Å²) in [6.07, 6.45) is -0.614. The van der Waals surface area contributed by atoms with Gasteiger partial charge in [0.1, 0.15) is 12.4 Å². The first-order valence-corrected chi connectivity index (χ1v) is 8.55. The van der Waals surface area contributed by atoms with Crippen molar-refractivity contribution in [2.45, 2.75) is 18.2 Å². The van der Waals surface area contributed by atoms with Crippen molar-refractivity contribution in [2.24, 2.45) is 0 Å². The van der Waals surface area contributed by atoms with Gasteiger partial charge in [-0.15, -0.1) is 5.10 Å². The van der Waals surface area contributed by atoms with Crippen molar-refractivity contribution < 1.29 is 9.84 Å². The van der Waals surface area contributed by atoms with Crippen LogP contribution in [0.3, 0.4) is 0 Å². The summed E-state index contributed by atoms with van der Waals surface area (Å²) in [5.74, 6) is 1.19. The van der Waals surface area contributed by atoms with E-state index < -0.39 is 6.10 Å². The Kier molecular flexibility index (Phi) is 5.45. The van der Waals surface area contributed by atoms with Crippen LogP contribution >= 0.6 is 11.8 Å². The number of hydrogen-bond acceptors (Lipinski definition) is 6. The summed E-state index contributed by atoms with van der Waals surface area (Å²) in [6.45, 7) is 2.23. The number of aliphatic hydroxyl groups is 1. The van der Waals surface area contributed by atoms with E-state index in [-0.39, 0.29) is 6.61 Å². The van der Waals surface area contributed by atoms with Crippen LogP contribution in [0.2, 0.25) is 0 Å². The molecule has 0 aliphatic carbocycles. The van der Waals surface area contributed by atoms with Crippen molar-refractivity contribution in [1.82, 2.24) is 20.2 Å².